The average molecular weight is 462 g/mol. The van der Waals surface area contributed by atoms with Crippen LogP contribution in [-0.2, 0) is 6.42 Å². The molecule has 1 aliphatic rings. The molecule has 33 heavy (non-hydrogen) atoms. The normalized spacial score (nSPS) is 12.6. The first kappa shape index (κ1) is 22.6. The van der Waals surface area contributed by atoms with Crippen LogP contribution < -0.4 is 10.1 Å². The van der Waals surface area contributed by atoms with Crippen molar-refractivity contribution in [2.75, 3.05) is 25.5 Å². The van der Waals surface area contributed by atoms with Crippen LogP contribution in [0.15, 0.2) is 66.7 Å². The molecule has 1 aliphatic heterocycles. The van der Waals surface area contributed by atoms with Crippen molar-refractivity contribution in [3.63, 3.8) is 0 Å². The number of nitrogens with one attached hydrogen (secondary N) is 2. The fraction of sp³-hybridized carbons (Fsp3) is 0.192. The number of amidine groups is 1. The van der Waals surface area contributed by atoms with Gasteiger partial charge in [-0.25, -0.2) is 0 Å². The Hall–Kier alpha value is -3.64. The third-order valence-electron chi connectivity index (χ3n) is 5.67. The molecule has 0 saturated carbocycles. The number of ketones is 1. The van der Waals surface area contributed by atoms with Gasteiger partial charge in [0.1, 0.15) is 11.6 Å². The molecule has 168 valence electrons. The van der Waals surface area contributed by atoms with Crippen molar-refractivity contribution < 1.29 is 14.3 Å². The number of anilines is 1. The number of likely N-dealkylation sites (tertiary alicyclic amines) is 1. The maximum atomic E-state index is 13.0. The number of carbonyl (C=O) groups is 2. The van der Waals surface area contributed by atoms with Crippen LogP contribution in [0.5, 0.6) is 5.75 Å². The molecule has 3 aromatic carbocycles. The molecule has 2 N–H and O–H groups in total. The van der Waals surface area contributed by atoms with E-state index >= 15 is 0 Å². The highest BCUT2D eigenvalue weighted by Gasteiger charge is 2.20. The van der Waals surface area contributed by atoms with Gasteiger partial charge >= 0.3 is 0 Å². The largest absolute Gasteiger partial charge is 0.497 e. The Morgan fingerprint density at radius 1 is 1.00 bits per heavy atom. The lowest BCUT2D eigenvalue weighted by molar-refractivity contribution is 0.0992. The zero-order chi connectivity index (χ0) is 23.4. The van der Waals surface area contributed by atoms with Gasteiger partial charge in [0.2, 0.25) is 0 Å². The van der Waals surface area contributed by atoms with Gasteiger partial charge in [-0.1, -0.05) is 41.9 Å². The van der Waals surface area contributed by atoms with Gasteiger partial charge in [-0.15, -0.1) is 0 Å². The van der Waals surface area contributed by atoms with E-state index in [0.717, 1.165) is 25.1 Å². The third kappa shape index (κ3) is 5.23. The molecule has 0 atom stereocenters. The van der Waals surface area contributed by atoms with Crippen LogP contribution in [0.1, 0.15) is 38.3 Å². The highest BCUT2D eigenvalue weighted by atomic mass is 35.5. The molecule has 1 amide bonds. The molecule has 1 fully saturated rings. The first-order chi connectivity index (χ1) is 15.9. The van der Waals surface area contributed by atoms with E-state index in [1.807, 2.05) is 4.90 Å². The second-order valence-electron chi connectivity index (χ2n) is 7.85. The Bertz CT molecular complexity index is 1190. The van der Waals surface area contributed by atoms with Gasteiger partial charge in [-0.3, -0.25) is 15.0 Å². The molecule has 0 spiro atoms. The summed E-state index contributed by atoms with van der Waals surface area (Å²) in [5, 5.41) is 11.7. The van der Waals surface area contributed by atoms with Gasteiger partial charge in [0.25, 0.3) is 5.91 Å². The smallest absolute Gasteiger partial charge is 0.256 e. The molecule has 0 bridgehead atoms. The Kier molecular flexibility index (Phi) is 6.75. The van der Waals surface area contributed by atoms with E-state index < -0.39 is 0 Å². The van der Waals surface area contributed by atoms with Gasteiger partial charge in [0, 0.05) is 46.9 Å². The number of Topliss-reactive ketones (excluding diaryl/α,β-unsaturated/α-hetero) is 1. The van der Waals surface area contributed by atoms with E-state index in [2.05, 4.69) is 5.32 Å². The Balaban J connectivity index is 1.52. The number of amides is 1. The summed E-state index contributed by atoms with van der Waals surface area (Å²) in [7, 11) is 1.53. The maximum absolute atomic E-state index is 13.0. The van der Waals surface area contributed by atoms with Crippen molar-refractivity contribution >= 4 is 34.8 Å². The van der Waals surface area contributed by atoms with Gasteiger partial charge in [0.15, 0.2) is 5.78 Å². The number of nitrogens with zero attached hydrogens (tertiary/aromatic N) is 1. The van der Waals surface area contributed by atoms with Crippen LogP contribution in [0.3, 0.4) is 0 Å². The van der Waals surface area contributed by atoms with Crippen LogP contribution >= 0.6 is 11.6 Å². The lowest BCUT2D eigenvalue weighted by atomic mass is 9.97. The van der Waals surface area contributed by atoms with Crippen LogP contribution in [0.4, 0.5) is 5.69 Å². The molecular weight excluding hydrogens is 438 g/mol. The molecule has 0 aromatic heterocycles. The Morgan fingerprint density at radius 2 is 1.67 bits per heavy atom. The standard InChI is InChI=1S/C26H24ClN3O3/c1-33-22-12-7-19(23(16-22)26(32)29-21-10-8-20(27)9-11-21)15-24(31)17-3-5-18(6-4-17)25(28)30-13-2-14-30/h3-12,16,28H,2,13-15H2,1H3,(H,29,32). The molecule has 0 unspecified atom stereocenters. The summed E-state index contributed by atoms with van der Waals surface area (Å²) >= 11 is 5.92. The summed E-state index contributed by atoms with van der Waals surface area (Å²) in [5.74, 6) is 0.568. The maximum Gasteiger partial charge on any atom is 0.256 e. The highest BCUT2D eigenvalue weighted by Crippen LogP contribution is 2.22. The van der Waals surface area contributed by atoms with Gasteiger partial charge < -0.3 is 15.0 Å². The van der Waals surface area contributed by atoms with Gasteiger partial charge in [0.05, 0.1) is 7.11 Å². The fourth-order valence-corrected chi connectivity index (χ4v) is 3.72. The summed E-state index contributed by atoms with van der Waals surface area (Å²) in [4.78, 5) is 28.0. The van der Waals surface area contributed by atoms with Crippen molar-refractivity contribution in [3.05, 3.63) is 94.0 Å². The van der Waals surface area contributed by atoms with Gasteiger partial charge in [-0.05, 0) is 48.4 Å². The SMILES string of the molecule is COc1ccc(CC(=O)c2ccc(C(=N)N3CCC3)cc2)c(C(=O)Nc2ccc(Cl)cc2)c1. The summed E-state index contributed by atoms with van der Waals surface area (Å²) in [5.41, 5.74) is 2.90. The van der Waals surface area contributed by atoms with Gasteiger partial charge in [-0.2, -0.15) is 0 Å². The summed E-state index contributed by atoms with van der Waals surface area (Å²) in [6.45, 7) is 1.80. The van der Waals surface area contributed by atoms with Crippen molar-refractivity contribution in [3.8, 4) is 5.75 Å². The molecule has 0 radical (unpaired) electrons. The monoisotopic (exact) mass is 461 g/mol. The van der Waals surface area contributed by atoms with E-state index in [1.54, 1.807) is 66.7 Å². The van der Waals surface area contributed by atoms with E-state index in [0.29, 0.717) is 39.0 Å². The number of ether oxygens (including phenoxy) is 1. The fourth-order valence-electron chi connectivity index (χ4n) is 3.59. The molecule has 3 aromatic rings. The minimum atomic E-state index is -0.336. The van der Waals surface area contributed by atoms with E-state index in [9.17, 15) is 9.59 Å². The van der Waals surface area contributed by atoms with Crippen LogP contribution in [0.25, 0.3) is 0 Å². The number of rotatable bonds is 7. The van der Waals surface area contributed by atoms with Crippen molar-refractivity contribution in [2.24, 2.45) is 0 Å². The second kappa shape index (κ2) is 9.88. The number of halogens is 1. The number of hydrogen-bond acceptors (Lipinski definition) is 4. The molecular formula is C26H24ClN3O3. The van der Waals surface area contributed by atoms with Crippen LogP contribution in [-0.4, -0.2) is 42.6 Å². The highest BCUT2D eigenvalue weighted by molar-refractivity contribution is 6.30. The minimum absolute atomic E-state index is 0.0658. The third-order valence-corrected chi connectivity index (χ3v) is 5.92. The summed E-state index contributed by atoms with van der Waals surface area (Å²) in [6, 6.07) is 19.0. The first-order valence-corrected chi connectivity index (χ1v) is 11.0. The lowest BCUT2D eigenvalue weighted by Crippen LogP contribution is -2.42. The molecule has 4 rings (SSSR count). The van der Waals surface area contributed by atoms with E-state index in [4.69, 9.17) is 21.7 Å². The predicted octanol–water partition coefficient (Wildman–Crippen LogP) is 5.06. The quantitative estimate of drug-likeness (QED) is 0.293. The average Bonchev–Trinajstić information content (AvgIpc) is 2.79. The molecule has 1 heterocycles. The zero-order valence-corrected chi connectivity index (χ0v) is 19.0. The van der Waals surface area contributed by atoms with Crippen molar-refractivity contribution in [1.82, 2.24) is 4.90 Å². The van der Waals surface area contributed by atoms with Crippen LogP contribution in [0, 0.1) is 5.41 Å². The Labute approximate surface area is 197 Å². The van der Waals surface area contributed by atoms with Crippen molar-refractivity contribution in [2.45, 2.75) is 12.8 Å². The number of benzene rings is 3. The molecule has 6 nitrogen and oxygen atoms in total. The zero-order valence-electron chi connectivity index (χ0n) is 18.2. The minimum Gasteiger partial charge on any atom is -0.497 e. The second-order valence-corrected chi connectivity index (χ2v) is 8.29. The molecule has 1 saturated heterocycles. The topological polar surface area (TPSA) is 82.5 Å². The summed E-state index contributed by atoms with van der Waals surface area (Å²) < 4.78 is 5.28. The van der Waals surface area contributed by atoms with Crippen LogP contribution in [0.2, 0.25) is 5.02 Å². The van der Waals surface area contributed by atoms with Crippen molar-refractivity contribution in [1.29, 1.82) is 5.41 Å². The predicted molar refractivity (Wildman–Crippen MR) is 130 cm³/mol. The molecule has 7 heteroatoms. The van der Waals surface area contributed by atoms with E-state index in [-0.39, 0.29) is 18.1 Å². The summed E-state index contributed by atoms with van der Waals surface area (Å²) in [6.07, 6.45) is 1.17. The number of methoxy groups -OCH3 is 1. The molecule has 0 aliphatic carbocycles. The number of carbonyl (C=O) groups excluding carboxylic acids is 2. The van der Waals surface area contributed by atoms with E-state index in [1.165, 1.54) is 7.11 Å². The first-order valence-electron chi connectivity index (χ1n) is 10.7. The Morgan fingerprint density at radius 3 is 2.27 bits per heavy atom. The lowest BCUT2D eigenvalue weighted by Gasteiger charge is -2.33. The number of hydrogen-bond donors (Lipinski definition) is 2.